The molecule has 0 spiro atoms. The number of hydrogen-bond acceptors (Lipinski definition) is 3. The Morgan fingerprint density at radius 1 is 1.00 bits per heavy atom. The van der Waals surface area contributed by atoms with Crippen LogP contribution in [0.2, 0.25) is 0 Å². The van der Waals surface area contributed by atoms with E-state index >= 15 is 0 Å². The predicted octanol–water partition coefficient (Wildman–Crippen LogP) is 1.97. The number of benzene rings is 1. The summed E-state index contributed by atoms with van der Waals surface area (Å²) in [5.74, 6) is 0.907. The first-order valence-corrected chi connectivity index (χ1v) is 9.24. The first kappa shape index (κ1) is 17.9. The van der Waals surface area contributed by atoms with Crippen LogP contribution in [0.5, 0.6) is 0 Å². The number of nitrogens with zero attached hydrogens (tertiary/aromatic N) is 2. The summed E-state index contributed by atoms with van der Waals surface area (Å²) < 4.78 is 0. The van der Waals surface area contributed by atoms with Crippen molar-refractivity contribution in [3.63, 3.8) is 0 Å². The second-order valence-electron chi connectivity index (χ2n) is 7.60. The molecule has 1 heterocycles. The predicted molar refractivity (Wildman–Crippen MR) is 96.2 cm³/mol. The minimum absolute atomic E-state index is 0.0870. The van der Waals surface area contributed by atoms with E-state index in [1.54, 1.807) is 4.90 Å². The molecule has 25 heavy (non-hydrogen) atoms. The highest BCUT2D eigenvalue weighted by molar-refractivity contribution is 5.84. The molecule has 136 valence electrons. The fraction of sp³-hybridized carbons (Fsp3) is 0.600. The summed E-state index contributed by atoms with van der Waals surface area (Å²) in [5.41, 5.74) is 2.58. The van der Waals surface area contributed by atoms with Crippen LogP contribution in [0, 0.1) is 5.92 Å². The van der Waals surface area contributed by atoms with Crippen LogP contribution in [0.4, 0.5) is 0 Å². The van der Waals surface area contributed by atoms with Gasteiger partial charge in [0.1, 0.15) is 6.10 Å². The average Bonchev–Trinajstić information content (AvgIpc) is 3.41. The summed E-state index contributed by atoms with van der Waals surface area (Å²) in [7, 11) is 0. The lowest BCUT2D eigenvalue weighted by molar-refractivity contribution is -0.145. The molecule has 3 unspecified atom stereocenters. The summed E-state index contributed by atoms with van der Waals surface area (Å²) in [6.07, 6.45) is -0.0453. The number of hydrogen-bond donors (Lipinski definition) is 1. The molecule has 1 saturated heterocycles. The SMILES string of the molecule is CC(O)C(=O)N1CCN(C(=O)C2CC2c2ccc(C(C)C)cc2)CC1. The lowest BCUT2D eigenvalue weighted by atomic mass is 10.00. The normalized spacial score (nSPS) is 24.4. The molecule has 5 heteroatoms. The lowest BCUT2D eigenvalue weighted by Crippen LogP contribution is -2.52. The zero-order valence-corrected chi connectivity index (χ0v) is 15.3. The number of rotatable bonds is 4. The molecule has 1 aliphatic heterocycles. The van der Waals surface area contributed by atoms with Gasteiger partial charge in [-0.15, -0.1) is 0 Å². The van der Waals surface area contributed by atoms with Gasteiger partial charge < -0.3 is 14.9 Å². The van der Waals surface area contributed by atoms with Crippen molar-refractivity contribution < 1.29 is 14.7 Å². The Kier molecular flexibility index (Phi) is 5.13. The third-order valence-corrected chi connectivity index (χ3v) is 5.40. The van der Waals surface area contributed by atoms with E-state index < -0.39 is 6.10 Å². The van der Waals surface area contributed by atoms with Crippen molar-refractivity contribution in [2.75, 3.05) is 26.2 Å². The minimum Gasteiger partial charge on any atom is -0.384 e. The second-order valence-corrected chi connectivity index (χ2v) is 7.60. The molecule has 5 nitrogen and oxygen atoms in total. The van der Waals surface area contributed by atoms with E-state index in [1.807, 2.05) is 4.90 Å². The van der Waals surface area contributed by atoms with Gasteiger partial charge in [-0.3, -0.25) is 9.59 Å². The van der Waals surface area contributed by atoms with Crippen LogP contribution < -0.4 is 0 Å². The molecule has 0 radical (unpaired) electrons. The highest BCUT2D eigenvalue weighted by atomic mass is 16.3. The number of piperazine rings is 1. The van der Waals surface area contributed by atoms with Crippen molar-refractivity contribution in [2.24, 2.45) is 5.92 Å². The number of aliphatic hydroxyl groups is 1. The molecule has 2 aliphatic rings. The van der Waals surface area contributed by atoms with Crippen LogP contribution >= 0.6 is 0 Å². The highest BCUT2D eigenvalue weighted by Crippen LogP contribution is 2.48. The Balaban J connectivity index is 1.53. The maximum absolute atomic E-state index is 12.7. The van der Waals surface area contributed by atoms with Gasteiger partial charge in [0.25, 0.3) is 5.91 Å². The van der Waals surface area contributed by atoms with Gasteiger partial charge in [0.2, 0.25) is 5.91 Å². The van der Waals surface area contributed by atoms with Crippen molar-refractivity contribution in [3.8, 4) is 0 Å². The van der Waals surface area contributed by atoms with Crippen molar-refractivity contribution in [1.29, 1.82) is 0 Å². The largest absolute Gasteiger partial charge is 0.384 e. The van der Waals surface area contributed by atoms with Crippen LogP contribution in [-0.2, 0) is 9.59 Å². The third kappa shape index (κ3) is 3.87. The molecule has 0 bridgehead atoms. The molecule has 1 aliphatic carbocycles. The van der Waals surface area contributed by atoms with Gasteiger partial charge in [-0.2, -0.15) is 0 Å². The van der Waals surface area contributed by atoms with E-state index in [4.69, 9.17) is 0 Å². The summed E-state index contributed by atoms with van der Waals surface area (Å²) >= 11 is 0. The Hall–Kier alpha value is -1.88. The maximum Gasteiger partial charge on any atom is 0.251 e. The highest BCUT2D eigenvalue weighted by Gasteiger charge is 2.46. The average molecular weight is 344 g/mol. The van der Waals surface area contributed by atoms with Gasteiger partial charge in [0, 0.05) is 32.1 Å². The molecule has 1 N–H and O–H groups in total. The standard InChI is InChI=1S/C20H28N2O3/c1-13(2)15-4-6-16(7-5-15)17-12-18(17)20(25)22-10-8-21(9-11-22)19(24)14(3)23/h4-7,13-14,17-18,23H,8-12H2,1-3H3. The van der Waals surface area contributed by atoms with Crippen LogP contribution in [0.1, 0.15) is 50.2 Å². The number of amides is 2. The fourth-order valence-electron chi connectivity index (χ4n) is 3.61. The molecule has 3 atom stereocenters. The van der Waals surface area contributed by atoms with E-state index in [0.29, 0.717) is 38.0 Å². The van der Waals surface area contributed by atoms with E-state index in [1.165, 1.54) is 18.1 Å². The Labute approximate surface area is 149 Å². The van der Waals surface area contributed by atoms with Crippen LogP contribution in [0.15, 0.2) is 24.3 Å². The van der Waals surface area contributed by atoms with Gasteiger partial charge in [-0.25, -0.2) is 0 Å². The molecule has 1 saturated carbocycles. The minimum atomic E-state index is -0.969. The van der Waals surface area contributed by atoms with Crippen LogP contribution in [0.25, 0.3) is 0 Å². The number of carbonyl (C=O) groups is 2. The van der Waals surface area contributed by atoms with Crippen molar-refractivity contribution in [1.82, 2.24) is 9.80 Å². The van der Waals surface area contributed by atoms with E-state index in [0.717, 1.165) is 6.42 Å². The molecule has 1 aromatic rings. The van der Waals surface area contributed by atoms with Crippen molar-refractivity contribution in [3.05, 3.63) is 35.4 Å². The number of carbonyl (C=O) groups excluding carboxylic acids is 2. The van der Waals surface area contributed by atoms with E-state index in [2.05, 4.69) is 38.1 Å². The molecule has 3 rings (SSSR count). The van der Waals surface area contributed by atoms with E-state index in [9.17, 15) is 14.7 Å². The van der Waals surface area contributed by atoms with Gasteiger partial charge in [-0.05, 0) is 36.3 Å². The zero-order chi connectivity index (χ0) is 18.1. The summed E-state index contributed by atoms with van der Waals surface area (Å²) in [4.78, 5) is 28.0. The Bertz CT molecular complexity index is 631. The first-order valence-electron chi connectivity index (χ1n) is 9.24. The quantitative estimate of drug-likeness (QED) is 0.908. The molecule has 2 fully saturated rings. The fourth-order valence-corrected chi connectivity index (χ4v) is 3.61. The smallest absolute Gasteiger partial charge is 0.251 e. The first-order chi connectivity index (χ1) is 11.9. The van der Waals surface area contributed by atoms with Crippen molar-refractivity contribution in [2.45, 2.75) is 45.1 Å². The van der Waals surface area contributed by atoms with Gasteiger partial charge >= 0.3 is 0 Å². The maximum atomic E-state index is 12.7. The molecular weight excluding hydrogens is 316 g/mol. The monoisotopic (exact) mass is 344 g/mol. The van der Waals surface area contributed by atoms with E-state index in [-0.39, 0.29) is 17.7 Å². The number of aliphatic hydroxyl groups excluding tert-OH is 1. The summed E-state index contributed by atoms with van der Waals surface area (Å²) in [6.45, 7) is 7.99. The zero-order valence-electron chi connectivity index (χ0n) is 15.3. The molecule has 1 aromatic carbocycles. The third-order valence-electron chi connectivity index (χ3n) is 5.40. The summed E-state index contributed by atoms with van der Waals surface area (Å²) in [6, 6.07) is 8.65. The molecule has 2 amide bonds. The Morgan fingerprint density at radius 2 is 1.56 bits per heavy atom. The van der Waals surface area contributed by atoms with Gasteiger partial charge in [0.05, 0.1) is 0 Å². The lowest BCUT2D eigenvalue weighted by Gasteiger charge is -2.35. The van der Waals surface area contributed by atoms with Crippen LogP contribution in [0.3, 0.4) is 0 Å². The molecule has 0 aromatic heterocycles. The molecular formula is C20H28N2O3. The second kappa shape index (κ2) is 7.16. The van der Waals surface area contributed by atoms with Crippen molar-refractivity contribution >= 4 is 11.8 Å². The Morgan fingerprint density at radius 3 is 2.08 bits per heavy atom. The van der Waals surface area contributed by atoms with Gasteiger partial charge in [-0.1, -0.05) is 38.1 Å². The summed E-state index contributed by atoms with van der Waals surface area (Å²) in [5, 5.41) is 9.39. The van der Waals surface area contributed by atoms with Crippen LogP contribution in [-0.4, -0.2) is 59.0 Å². The topological polar surface area (TPSA) is 60.9 Å². The van der Waals surface area contributed by atoms with Gasteiger partial charge in [0.15, 0.2) is 0 Å².